The standard InChI is InChI=1S/C24H29N3O2S/c1-17-5-8-19(9-6-17)20-10-7-18(16-24(20,2)29-4)15-21-22(28)25-23(30-21)27-13-11-26(3)12-14-27/h5-10,15H,11-14,16H2,1-4H3. The lowest BCUT2D eigenvalue weighted by Gasteiger charge is -2.34. The van der Waals surface area contributed by atoms with Gasteiger partial charge in [0.2, 0.25) is 0 Å². The molecule has 0 aromatic heterocycles. The van der Waals surface area contributed by atoms with Gasteiger partial charge in [-0.3, -0.25) is 4.79 Å². The van der Waals surface area contributed by atoms with Crippen LogP contribution in [0.2, 0.25) is 0 Å². The Bertz CT molecular complexity index is 953. The molecule has 0 bridgehead atoms. The largest absolute Gasteiger partial charge is 0.373 e. The number of thioether (sulfide) groups is 1. The summed E-state index contributed by atoms with van der Waals surface area (Å²) in [6.07, 6.45) is 6.92. The molecule has 158 valence electrons. The highest BCUT2D eigenvalue weighted by atomic mass is 32.2. The van der Waals surface area contributed by atoms with E-state index in [1.807, 2.05) is 6.08 Å². The predicted octanol–water partition coefficient (Wildman–Crippen LogP) is 3.87. The van der Waals surface area contributed by atoms with Crippen LogP contribution in [0.15, 0.2) is 58.0 Å². The number of amidine groups is 1. The average molecular weight is 424 g/mol. The Morgan fingerprint density at radius 1 is 1.13 bits per heavy atom. The second-order valence-electron chi connectivity index (χ2n) is 8.40. The van der Waals surface area contributed by atoms with Gasteiger partial charge in [-0.1, -0.05) is 42.0 Å². The maximum Gasteiger partial charge on any atom is 0.286 e. The van der Waals surface area contributed by atoms with Crippen LogP contribution in [0.3, 0.4) is 0 Å². The predicted molar refractivity (Wildman–Crippen MR) is 124 cm³/mol. The number of piperazine rings is 1. The molecule has 5 nitrogen and oxygen atoms in total. The van der Waals surface area contributed by atoms with Gasteiger partial charge < -0.3 is 14.5 Å². The number of rotatable bonds is 3. The maximum absolute atomic E-state index is 12.5. The molecule has 1 saturated heterocycles. The van der Waals surface area contributed by atoms with Crippen LogP contribution in [-0.2, 0) is 9.53 Å². The molecule has 1 atom stereocenters. The number of hydrogen-bond acceptors (Lipinski definition) is 5. The van der Waals surface area contributed by atoms with Gasteiger partial charge in [0, 0.05) is 39.7 Å². The Kier molecular flexibility index (Phi) is 6.00. The molecular formula is C24H29N3O2S. The molecule has 0 spiro atoms. The molecule has 1 unspecified atom stereocenters. The zero-order valence-electron chi connectivity index (χ0n) is 18.1. The molecule has 4 rings (SSSR count). The normalized spacial score (nSPS) is 26.7. The molecular weight excluding hydrogens is 394 g/mol. The number of hydrogen-bond donors (Lipinski definition) is 0. The molecule has 0 radical (unpaired) electrons. The van der Waals surface area contributed by atoms with Gasteiger partial charge in [-0.15, -0.1) is 0 Å². The number of aryl methyl sites for hydroxylation is 1. The molecule has 3 aliphatic rings. The Labute approximate surface area is 183 Å². The van der Waals surface area contributed by atoms with Crippen molar-refractivity contribution in [2.45, 2.75) is 25.9 Å². The van der Waals surface area contributed by atoms with Crippen molar-refractivity contribution in [1.29, 1.82) is 0 Å². The SMILES string of the molecule is COC1(C)CC(C=C2SC(N3CCN(C)CC3)=NC2=O)=CC=C1c1ccc(C)cc1. The van der Waals surface area contributed by atoms with E-state index in [1.54, 1.807) is 7.11 Å². The van der Waals surface area contributed by atoms with Gasteiger partial charge in [-0.25, -0.2) is 0 Å². The maximum atomic E-state index is 12.5. The van der Waals surface area contributed by atoms with Gasteiger partial charge in [0.1, 0.15) is 0 Å². The molecule has 1 aliphatic carbocycles. The van der Waals surface area contributed by atoms with E-state index in [4.69, 9.17) is 4.74 Å². The minimum Gasteiger partial charge on any atom is -0.373 e. The number of allylic oxidation sites excluding steroid dienone is 3. The zero-order valence-corrected chi connectivity index (χ0v) is 19.0. The summed E-state index contributed by atoms with van der Waals surface area (Å²) in [5, 5.41) is 0.834. The Morgan fingerprint density at radius 3 is 2.50 bits per heavy atom. The lowest BCUT2D eigenvalue weighted by molar-refractivity contribution is -0.113. The fourth-order valence-corrected chi connectivity index (χ4v) is 5.01. The first-order chi connectivity index (χ1) is 14.4. The summed E-state index contributed by atoms with van der Waals surface area (Å²) in [4.78, 5) is 22.1. The van der Waals surface area contributed by atoms with Crippen molar-refractivity contribution in [2.24, 2.45) is 4.99 Å². The molecule has 0 saturated carbocycles. The van der Waals surface area contributed by atoms with Gasteiger partial charge in [0.25, 0.3) is 5.91 Å². The third-order valence-corrected chi connectivity index (χ3v) is 7.13. The number of methoxy groups -OCH3 is 1. The minimum atomic E-state index is -0.441. The first-order valence-corrected chi connectivity index (χ1v) is 11.2. The Hall–Kier alpha value is -2.15. The number of carbonyl (C=O) groups is 1. The highest BCUT2D eigenvalue weighted by Gasteiger charge is 2.34. The monoisotopic (exact) mass is 423 g/mol. The Morgan fingerprint density at radius 2 is 1.83 bits per heavy atom. The second kappa shape index (κ2) is 8.53. The van der Waals surface area contributed by atoms with Crippen molar-refractivity contribution in [1.82, 2.24) is 9.80 Å². The summed E-state index contributed by atoms with van der Waals surface area (Å²) < 4.78 is 5.95. The van der Waals surface area contributed by atoms with E-state index in [0.29, 0.717) is 11.3 Å². The van der Waals surface area contributed by atoms with Crippen LogP contribution in [0.5, 0.6) is 0 Å². The molecule has 1 amide bonds. The van der Waals surface area contributed by atoms with E-state index in [2.05, 4.69) is 72.1 Å². The van der Waals surface area contributed by atoms with Gasteiger partial charge in [-0.05, 0) is 55.4 Å². The average Bonchev–Trinajstić information content (AvgIpc) is 3.10. The van der Waals surface area contributed by atoms with Gasteiger partial charge >= 0.3 is 0 Å². The minimum absolute atomic E-state index is 0.137. The van der Waals surface area contributed by atoms with Crippen LogP contribution < -0.4 is 0 Å². The highest BCUT2D eigenvalue weighted by molar-refractivity contribution is 8.18. The third-order valence-electron chi connectivity index (χ3n) is 6.09. The molecule has 2 heterocycles. The number of benzene rings is 1. The van der Waals surface area contributed by atoms with E-state index >= 15 is 0 Å². The van der Waals surface area contributed by atoms with Gasteiger partial charge in [-0.2, -0.15) is 4.99 Å². The summed E-state index contributed by atoms with van der Waals surface area (Å²) in [5.74, 6) is -0.137. The summed E-state index contributed by atoms with van der Waals surface area (Å²) in [7, 11) is 3.88. The van der Waals surface area contributed by atoms with Crippen LogP contribution in [-0.4, -0.2) is 66.8 Å². The van der Waals surface area contributed by atoms with Crippen LogP contribution in [0, 0.1) is 6.92 Å². The summed E-state index contributed by atoms with van der Waals surface area (Å²) >= 11 is 1.49. The van der Waals surface area contributed by atoms with Crippen molar-refractivity contribution in [3.63, 3.8) is 0 Å². The van der Waals surface area contributed by atoms with Crippen LogP contribution >= 0.6 is 11.8 Å². The van der Waals surface area contributed by atoms with E-state index in [-0.39, 0.29) is 5.91 Å². The number of amides is 1. The first-order valence-electron chi connectivity index (χ1n) is 10.4. The van der Waals surface area contributed by atoms with Crippen LogP contribution in [0.4, 0.5) is 0 Å². The van der Waals surface area contributed by atoms with E-state index in [0.717, 1.165) is 42.5 Å². The number of nitrogens with zero attached hydrogens (tertiary/aromatic N) is 3. The molecule has 1 aromatic carbocycles. The Balaban J connectivity index is 1.54. The number of ether oxygens (including phenoxy) is 1. The van der Waals surface area contributed by atoms with Crippen molar-refractivity contribution in [3.05, 3.63) is 64.1 Å². The molecule has 0 N–H and O–H groups in total. The summed E-state index contributed by atoms with van der Waals surface area (Å²) in [6, 6.07) is 8.53. The molecule has 2 aliphatic heterocycles. The summed E-state index contributed by atoms with van der Waals surface area (Å²) in [5.41, 5.74) is 4.21. The van der Waals surface area contributed by atoms with Crippen molar-refractivity contribution in [2.75, 3.05) is 40.3 Å². The van der Waals surface area contributed by atoms with E-state index in [1.165, 1.54) is 22.9 Å². The van der Waals surface area contributed by atoms with Crippen molar-refractivity contribution < 1.29 is 9.53 Å². The smallest absolute Gasteiger partial charge is 0.286 e. The molecule has 1 aromatic rings. The topological polar surface area (TPSA) is 45.1 Å². The number of aliphatic imine (C=N–C) groups is 1. The number of carbonyl (C=O) groups excluding carboxylic acids is 1. The van der Waals surface area contributed by atoms with Gasteiger partial charge in [0.15, 0.2) is 5.17 Å². The fourth-order valence-electron chi connectivity index (χ4n) is 4.03. The van der Waals surface area contributed by atoms with Crippen LogP contribution in [0.1, 0.15) is 24.5 Å². The van der Waals surface area contributed by atoms with Crippen molar-refractivity contribution in [3.8, 4) is 0 Å². The quantitative estimate of drug-likeness (QED) is 0.691. The zero-order chi connectivity index (χ0) is 21.3. The number of likely N-dealkylation sites (N-methyl/N-ethyl adjacent to an activating group) is 1. The molecule has 1 fully saturated rings. The lowest BCUT2D eigenvalue weighted by Crippen LogP contribution is -2.46. The van der Waals surface area contributed by atoms with Crippen LogP contribution in [0.25, 0.3) is 5.57 Å². The van der Waals surface area contributed by atoms with E-state index in [9.17, 15) is 4.79 Å². The van der Waals surface area contributed by atoms with E-state index < -0.39 is 5.60 Å². The molecule has 6 heteroatoms. The first kappa shape index (κ1) is 21.1. The van der Waals surface area contributed by atoms with Crippen molar-refractivity contribution >= 4 is 28.4 Å². The lowest BCUT2D eigenvalue weighted by atomic mass is 9.80. The third kappa shape index (κ3) is 4.31. The molecule has 30 heavy (non-hydrogen) atoms. The van der Waals surface area contributed by atoms with Gasteiger partial charge in [0.05, 0.1) is 10.5 Å². The highest BCUT2D eigenvalue weighted by Crippen LogP contribution is 2.40. The second-order valence-corrected chi connectivity index (χ2v) is 9.41. The summed E-state index contributed by atoms with van der Waals surface area (Å²) in [6.45, 7) is 8.02. The fraction of sp³-hybridized carbons (Fsp3) is 0.417.